The number of fused-ring (bicyclic) bond motifs is 1. The Hall–Kier alpha value is -0.950. The Morgan fingerprint density at radius 1 is 1.38 bits per heavy atom. The SMILES string of the molecule is FSn1ccc2c(Cl)c(C(F)(F)F)cnc21. The standard InChI is InChI=1S/C8H3ClF4N2S/c9-6-4-1-2-15(16-13)7(4)14-3-5(6)8(10,11)12/h1-3H. The van der Waals surface area contributed by atoms with Crippen molar-refractivity contribution in [2.45, 2.75) is 6.18 Å². The van der Waals surface area contributed by atoms with Crippen LogP contribution in [0.4, 0.5) is 17.1 Å². The number of hydrogen-bond donors (Lipinski definition) is 0. The molecule has 16 heavy (non-hydrogen) atoms. The molecule has 0 atom stereocenters. The maximum atomic E-state index is 12.5. The van der Waals surface area contributed by atoms with E-state index in [1.165, 1.54) is 12.3 Å². The van der Waals surface area contributed by atoms with Gasteiger partial charge in [0.1, 0.15) is 0 Å². The molecule has 86 valence electrons. The summed E-state index contributed by atoms with van der Waals surface area (Å²) in [7, 11) is 0. The second-order valence-electron chi connectivity index (χ2n) is 2.93. The molecule has 2 aromatic heterocycles. The average Bonchev–Trinajstić information content (AvgIpc) is 2.60. The van der Waals surface area contributed by atoms with E-state index >= 15 is 0 Å². The molecule has 2 rings (SSSR count). The van der Waals surface area contributed by atoms with Crippen LogP contribution < -0.4 is 0 Å². The average molecular weight is 271 g/mol. The molecule has 0 amide bonds. The second-order valence-corrected chi connectivity index (χ2v) is 3.84. The van der Waals surface area contributed by atoms with Crippen LogP contribution >= 0.6 is 23.9 Å². The van der Waals surface area contributed by atoms with Crippen LogP contribution in [0.2, 0.25) is 5.02 Å². The normalized spacial score (nSPS) is 12.3. The van der Waals surface area contributed by atoms with E-state index in [2.05, 4.69) is 4.98 Å². The van der Waals surface area contributed by atoms with Gasteiger partial charge in [-0.05, 0) is 6.07 Å². The molecule has 0 fully saturated rings. The number of pyridine rings is 1. The fourth-order valence-corrected chi connectivity index (χ4v) is 1.91. The molecule has 0 radical (unpaired) electrons. The van der Waals surface area contributed by atoms with Gasteiger partial charge in [-0.2, -0.15) is 13.2 Å². The van der Waals surface area contributed by atoms with Crippen LogP contribution in [0.3, 0.4) is 0 Å². The van der Waals surface area contributed by atoms with E-state index in [1.54, 1.807) is 0 Å². The summed E-state index contributed by atoms with van der Waals surface area (Å²) in [6, 6.07) is 1.28. The minimum atomic E-state index is -4.57. The van der Waals surface area contributed by atoms with Gasteiger partial charge in [-0.1, -0.05) is 11.6 Å². The number of aromatic nitrogens is 2. The highest BCUT2D eigenvalue weighted by Gasteiger charge is 2.34. The van der Waals surface area contributed by atoms with Gasteiger partial charge in [0, 0.05) is 17.8 Å². The van der Waals surface area contributed by atoms with Crippen LogP contribution in [-0.4, -0.2) is 8.96 Å². The van der Waals surface area contributed by atoms with Crippen LogP contribution in [0.25, 0.3) is 11.0 Å². The van der Waals surface area contributed by atoms with Crippen molar-refractivity contribution in [3.8, 4) is 0 Å². The highest BCUT2D eigenvalue weighted by Crippen LogP contribution is 2.38. The largest absolute Gasteiger partial charge is 0.419 e. The molecule has 0 unspecified atom stereocenters. The van der Waals surface area contributed by atoms with Gasteiger partial charge in [-0.15, -0.1) is 3.89 Å². The lowest BCUT2D eigenvalue weighted by Crippen LogP contribution is -2.06. The molecule has 0 aliphatic carbocycles. The van der Waals surface area contributed by atoms with Crippen molar-refractivity contribution in [2.24, 2.45) is 0 Å². The quantitative estimate of drug-likeness (QED) is 0.727. The van der Waals surface area contributed by atoms with Crippen molar-refractivity contribution in [3.05, 3.63) is 29.0 Å². The summed E-state index contributed by atoms with van der Waals surface area (Å²) < 4.78 is 50.7. The number of hydrogen-bond acceptors (Lipinski definition) is 2. The van der Waals surface area contributed by atoms with Gasteiger partial charge < -0.3 is 0 Å². The minimum Gasteiger partial charge on any atom is -0.247 e. The van der Waals surface area contributed by atoms with Crippen LogP contribution in [-0.2, 0) is 6.18 Å². The first-order chi connectivity index (χ1) is 7.45. The highest BCUT2D eigenvalue weighted by molar-refractivity contribution is 7.92. The molecule has 0 spiro atoms. The third kappa shape index (κ3) is 1.73. The zero-order valence-electron chi connectivity index (χ0n) is 7.42. The van der Waals surface area contributed by atoms with Gasteiger partial charge >= 0.3 is 6.18 Å². The Morgan fingerprint density at radius 3 is 2.62 bits per heavy atom. The Balaban J connectivity index is 2.72. The predicted molar refractivity (Wildman–Crippen MR) is 53.8 cm³/mol. The first-order valence-electron chi connectivity index (χ1n) is 3.97. The van der Waals surface area contributed by atoms with Crippen LogP contribution in [0, 0.1) is 0 Å². The summed E-state index contributed by atoms with van der Waals surface area (Å²) in [5.41, 5.74) is -0.964. The van der Waals surface area contributed by atoms with E-state index in [0.29, 0.717) is 6.20 Å². The second kappa shape index (κ2) is 3.81. The lowest BCUT2D eigenvalue weighted by atomic mass is 10.2. The van der Waals surface area contributed by atoms with E-state index < -0.39 is 16.8 Å². The van der Waals surface area contributed by atoms with Gasteiger partial charge in [-0.25, -0.2) is 8.96 Å². The molecule has 2 heterocycles. The first kappa shape index (κ1) is 11.5. The van der Waals surface area contributed by atoms with Gasteiger partial charge in [-0.3, -0.25) is 0 Å². The van der Waals surface area contributed by atoms with E-state index in [0.717, 1.165) is 3.97 Å². The molecule has 0 saturated carbocycles. The van der Waals surface area contributed by atoms with E-state index in [4.69, 9.17) is 11.6 Å². The molecule has 0 N–H and O–H groups in total. The summed E-state index contributed by atoms with van der Waals surface area (Å²) in [5.74, 6) is 0. The maximum Gasteiger partial charge on any atom is 0.419 e. The molecule has 0 saturated heterocycles. The molecule has 2 aromatic rings. The zero-order chi connectivity index (χ0) is 11.9. The zero-order valence-corrected chi connectivity index (χ0v) is 9.00. The van der Waals surface area contributed by atoms with E-state index in [9.17, 15) is 17.1 Å². The molecule has 2 nitrogen and oxygen atoms in total. The van der Waals surface area contributed by atoms with Crippen molar-refractivity contribution in [1.29, 1.82) is 0 Å². The Bertz CT molecular complexity index is 537. The van der Waals surface area contributed by atoms with Gasteiger partial charge in [0.2, 0.25) is 0 Å². The van der Waals surface area contributed by atoms with E-state index in [1.807, 2.05) is 0 Å². The van der Waals surface area contributed by atoms with Gasteiger partial charge in [0.05, 0.1) is 10.6 Å². The van der Waals surface area contributed by atoms with Crippen LogP contribution in [0.5, 0.6) is 0 Å². The van der Waals surface area contributed by atoms with E-state index in [-0.39, 0.29) is 23.4 Å². The molecular formula is C8H3ClF4N2S. The smallest absolute Gasteiger partial charge is 0.247 e. The van der Waals surface area contributed by atoms with Crippen molar-refractivity contribution >= 4 is 35.0 Å². The number of rotatable bonds is 1. The maximum absolute atomic E-state index is 12.5. The Morgan fingerprint density at radius 2 is 2.06 bits per heavy atom. The monoisotopic (exact) mass is 270 g/mol. The van der Waals surface area contributed by atoms with Gasteiger partial charge in [0.15, 0.2) is 18.0 Å². The van der Waals surface area contributed by atoms with Crippen LogP contribution in [0.15, 0.2) is 18.5 Å². The van der Waals surface area contributed by atoms with Crippen molar-refractivity contribution in [3.63, 3.8) is 0 Å². The molecular weight excluding hydrogens is 268 g/mol. The molecule has 0 bridgehead atoms. The topological polar surface area (TPSA) is 17.8 Å². The fourth-order valence-electron chi connectivity index (χ4n) is 1.28. The Labute approximate surface area is 96.6 Å². The summed E-state index contributed by atoms with van der Waals surface area (Å²) in [6.07, 6.45) is -2.71. The van der Waals surface area contributed by atoms with Crippen molar-refractivity contribution in [1.82, 2.24) is 8.96 Å². The van der Waals surface area contributed by atoms with Crippen LogP contribution in [0.1, 0.15) is 5.56 Å². The third-order valence-corrected chi connectivity index (χ3v) is 2.85. The predicted octanol–water partition coefficient (Wildman–Crippen LogP) is 4.09. The summed E-state index contributed by atoms with van der Waals surface area (Å²) in [4.78, 5) is 3.54. The fraction of sp³-hybridized carbons (Fsp3) is 0.125. The number of halogens is 5. The molecule has 0 aliphatic heterocycles. The summed E-state index contributed by atoms with van der Waals surface area (Å²) in [5, 5.41) is -0.396. The molecule has 0 aromatic carbocycles. The van der Waals surface area contributed by atoms with Crippen molar-refractivity contribution < 1.29 is 17.1 Å². The first-order valence-corrected chi connectivity index (χ1v) is 5.02. The summed E-state index contributed by atoms with van der Waals surface area (Å²) in [6.45, 7) is 0. The summed E-state index contributed by atoms with van der Waals surface area (Å²) >= 11 is 5.43. The molecule has 8 heteroatoms. The third-order valence-electron chi connectivity index (χ3n) is 1.99. The lowest BCUT2D eigenvalue weighted by Gasteiger charge is -2.08. The highest BCUT2D eigenvalue weighted by atomic mass is 35.5. The van der Waals surface area contributed by atoms with Gasteiger partial charge in [0.25, 0.3) is 0 Å². The van der Waals surface area contributed by atoms with Crippen molar-refractivity contribution in [2.75, 3.05) is 0 Å². The molecule has 0 aliphatic rings. The number of nitrogens with zero attached hydrogens (tertiary/aromatic N) is 2. The minimum absolute atomic E-state index is 0.0606. The lowest BCUT2D eigenvalue weighted by molar-refractivity contribution is -0.137. The number of alkyl halides is 3. The Kier molecular flexibility index (Phi) is 2.75.